The Bertz CT molecular complexity index is 909. The molecule has 0 aliphatic carbocycles. The summed E-state index contributed by atoms with van der Waals surface area (Å²) in [6.45, 7) is 1.64. The summed E-state index contributed by atoms with van der Waals surface area (Å²) in [5.74, 6) is -0.837. The predicted molar refractivity (Wildman–Crippen MR) is 95.8 cm³/mol. The first kappa shape index (κ1) is 16.5. The number of hydrogen-bond donors (Lipinski definition) is 1. The summed E-state index contributed by atoms with van der Waals surface area (Å²) in [5.41, 5.74) is 5.07. The van der Waals surface area contributed by atoms with E-state index >= 15 is 0 Å². The van der Waals surface area contributed by atoms with Crippen LogP contribution in [0.2, 0.25) is 0 Å². The second-order valence-corrected chi connectivity index (χ2v) is 5.41. The Balaban J connectivity index is 1.78. The van der Waals surface area contributed by atoms with Crippen molar-refractivity contribution < 1.29 is 9.18 Å². The van der Waals surface area contributed by atoms with Crippen LogP contribution in [0.3, 0.4) is 0 Å². The molecule has 0 spiro atoms. The van der Waals surface area contributed by atoms with E-state index in [-0.39, 0.29) is 5.69 Å². The topological polar surface area (TPSA) is 54.4 Å². The molecule has 3 rings (SSSR count). The van der Waals surface area contributed by atoms with E-state index in [2.05, 4.69) is 15.5 Å². The number of hydrogen-bond acceptors (Lipinski definition) is 3. The molecule has 0 fully saturated rings. The van der Waals surface area contributed by atoms with Gasteiger partial charge in [0.05, 0.1) is 5.71 Å². The summed E-state index contributed by atoms with van der Waals surface area (Å²) >= 11 is 0. The second-order valence-electron chi connectivity index (χ2n) is 5.41. The molecule has 1 heterocycles. The number of nitrogens with one attached hydrogen (secondary N) is 1. The summed E-state index contributed by atoms with van der Waals surface area (Å²) in [7, 11) is 0. The summed E-state index contributed by atoms with van der Waals surface area (Å²) in [6, 6.07) is 19.5. The van der Waals surface area contributed by atoms with Crippen LogP contribution in [-0.2, 0) is 0 Å². The zero-order valence-electron chi connectivity index (χ0n) is 13.6. The van der Waals surface area contributed by atoms with E-state index in [1.165, 1.54) is 12.3 Å². The lowest BCUT2D eigenvalue weighted by Gasteiger charge is -2.07. The fourth-order valence-electron chi connectivity index (χ4n) is 2.37. The summed E-state index contributed by atoms with van der Waals surface area (Å²) in [5, 5.41) is 3.97. The first-order chi connectivity index (χ1) is 12.1. The number of amides is 1. The average molecular weight is 333 g/mol. The van der Waals surface area contributed by atoms with E-state index < -0.39 is 11.7 Å². The zero-order chi connectivity index (χ0) is 17.6. The molecular weight excluding hydrogens is 317 g/mol. The molecule has 0 aliphatic heterocycles. The number of hydrazone groups is 1. The molecule has 4 nitrogen and oxygen atoms in total. The number of aromatic nitrogens is 1. The molecule has 1 aromatic heterocycles. The van der Waals surface area contributed by atoms with Crippen molar-refractivity contribution in [2.75, 3.05) is 0 Å². The number of halogens is 1. The van der Waals surface area contributed by atoms with Crippen LogP contribution in [0.15, 0.2) is 78.0 Å². The molecule has 0 bridgehead atoms. The van der Waals surface area contributed by atoms with Gasteiger partial charge in [-0.05, 0) is 42.3 Å². The summed E-state index contributed by atoms with van der Waals surface area (Å²) in [4.78, 5) is 15.9. The van der Waals surface area contributed by atoms with Gasteiger partial charge in [0, 0.05) is 11.8 Å². The summed E-state index contributed by atoms with van der Waals surface area (Å²) < 4.78 is 14.4. The van der Waals surface area contributed by atoms with Crippen molar-refractivity contribution in [1.29, 1.82) is 0 Å². The van der Waals surface area contributed by atoms with Crippen LogP contribution >= 0.6 is 0 Å². The number of carbonyl (C=O) groups is 1. The van der Waals surface area contributed by atoms with E-state index in [9.17, 15) is 9.18 Å². The quantitative estimate of drug-likeness (QED) is 0.579. The normalized spacial score (nSPS) is 11.2. The van der Waals surface area contributed by atoms with Gasteiger partial charge in [0.15, 0.2) is 0 Å². The fourth-order valence-corrected chi connectivity index (χ4v) is 2.37. The number of nitrogens with zero attached hydrogens (tertiary/aromatic N) is 2. The Kier molecular flexibility index (Phi) is 4.95. The molecule has 124 valence electrons. The Hall–Kier alpha value is -3.34. The third-order valence-corrected chi connectivity index (χ3v) is 3.69. The van der Waals surface area contributed by atoms with Gasteiger partial charge in [-0.25, -0.2) is 9.82 Å². The fraction of sp³-hybridized carbons (Fsp3) is 0.0500. The van der Waals surface area contributed by atoms with Crippen molar-refractivity contribution in [3.63, 3.8) is 0 Å². The molecule has 0 saturated heterocycles. The Morgan fingerprint density at radius 3 is 2.44 bits per heavy atom. The molecule has 25 heavy (non-hydrogen) atoms. The van der Waals surface area contributed by atoms with Crippen LogP contribution in [0.4, 0.5) is 4.39 Å². The third-order valence-electron chi connectivity index (χ3n) is 3.69. The molecule has 3 aromatic rings. The maximum atomic E-state index is 14.4. The van der Waals surface area contributed by atoms with Crippen molar-refractivity contribution in [2.24, 2.45) is 5.10 Å². The molecular formula is C20H16FN3O. The lowest BCUT2D eigenvalue weighted by atomic mass is 10.0. The van der Waals surface area contributed by atoms with Crippen LogP contribution in [-0.4, -0.2) is 16.6 Å². The number of rotatable bonds is 4. The number of pyridine rings is 1. The first-order valence-electron chi connectivity index (χ1n) is 7.76. The largest absolute Gasteiger partial charge is 0.289 e. The van der Waals surface area contributed by atoms with Crippen LogP contribution in [0.1, 0.15) is 23.0 Å². The maximum Gasteiger partial charge on any atom is 0.289 e. The average Bonchev–Trinajstić information content (AvgIpc) is 2.67. The smallest absolute Gasteiger partial charge is 0.266 e. The molecule has 1 N–H and O–H groups in total. The highest BCUT2D eigenvalue weighted by atomic mass is 19.1. The standard InChI is InChI=1S/C20H16FN3O/c1-14(23-24-20(25)19-9-5-6-12-22-19)17-11-10-16(13-18(17)21)15-7-3-2-4-8-15/h2-13H,1H3,(H,24,25). The Labute approximate surface area is 145 Å². The Morgan fingerprint density at radius 1 is 1.00 bits per heavy atom. The minimum atomic E-state index is -0.443. The van der Waals surface area contributed by atoms with Crippen LogP contribution in [0.5, 0.6) is 0 Å². The van der Waals surface area contributed by atoms with Crippen LogP contribution in [0, 0.1) is 5.82 Å². The van der Waals surface area contributed by atoms with Gasteiger partial charge in [0.1, 0.15) is 11.5 Å². The van der Waals surface area contributed by atoms with Crippen molar-refractivity contribution in [3.05, 3.63) is 90.0 Å². The minimum absolute atomic E-state index is 0.249. The van der Waals surface area contributed by atoms with Crippen molar-refractivity contribution in [3.8, 4) is 11.1 Å². The Morgan fingerprint density at radius 2 is 1.76 bits per heavy atom. The third kappa shape index (κ3) is 3.95. The molecule has 0 radical (unpaired) electrons. The SMILES string of the molecule is CC(=NNC(=O)c1ccccn1)c1ccc(-c2ccccc2)cc1F. The van der Waals surface area contributed by atoms with Gasteiger partial charge in [0.25, 0.3) is 5.91 Å². The van der Waals surface area contributed by atoms with Crippen molar-refractivity contribution in [1.82, 2.24) is 10.4 Å². The van der Waals surface area contributed by atoms with Crippen molar-refractivity contribution in [2.45, 2.75) is 6.92 Å². The van der Waals surface area contributed by atoms with Crippen LogP contribution < -0.4 is 5.43 Å². The lowest BCUT2D eigenvalue weighted by Crippen LogP contribution is -2.20. The highest BCUT2D eigenvalue weighted by molar-refractivity contribution is 6.01. The van der Waals surface area contributed by atoms with Crippen molar-refractivity contribution >= 4 is 11.6 Å². The highest BCUT2D eigenvalue weighted by Crippen LogP contribution is 2.22. The molecule has 0 unspecified atom stereocenters. The first-order valence-corrected chi connectivity index (χ1v) is 7.76. The minimum Gasteiger partial charge on any atom is -0.266 e. The zero-order valence-corrected chi connectivity index (χ0v) is 13.6. The van der Waals surface area contributed by atoms with Gasteiger partial charge in [-0.2, -0.15) is 5.10 Å². The lowest BCUT2D eigenvalue weighted by molar-refractivity contribution is 0.0950. The molecule has 1 amide bonds. The number of benzene rings is 2. The van der Waals surface area contributed by atoms with Gasteiger partial charge in [-0.3, -0.25) is 9.78 Å². The molecule has 0 atom stereocenters. The molecule has 0 saturated carbocycles. The van der Waals surface area contributed by atoms with E-state index in [1.807, 2.05) is 36.4 Å². The highest BCUT2D eigenvalue weighted by Gasteiger charge is 2.09. The van der Waals surface area contributed by atoms with E-state index in [1.54, 1.807) is 31.2 Å². The molecule has 2 aromatic carbocycles. The number of carbonyl (C=O) groups excluding carboxylic acids is 1. The van der Waals surface area contributed by atoms with E-state index in [4.69, 9.17) is 0 Å². The van der Waals surface area contributed by atoms with Gasteiger partial charge in [-0.15, -0.1) is 0 Å². The maximum absolute atomic E-state index is 14.4. The monoisotopic (exact) mass is 333 g/mol. The van der Waals surface area contributed by atoms with E-state index in [0.29, 0.717) is 11.3 Å². The molecule has 5 heteroatoms. The second kappa shape index (κ2) is 7.49. The van der Waals surface area contributed by atoms with Gasteiger partial charge < -0.3 is 0 Å². The van der Waals surface area contributed by atoms with Crippen LogP contribution in [0.25, 0.3) is 11.1 Å². The van der Waals surface area contributed by atoms with Gasteiger partial charge in [-0.1, -0.05) is 42.5 Å². The summed E-state index contributed by atoms with van der Waals surface area (Å²) in [6.07, 6.45) is 1.52. The predicted octanol–water partition coefficient (Wildman–Crippen LogP) is 4.04. The van der Waals surface area contributed by atoms with Gasteiger partial charge in [0.2, 0.25) is 0 Å². The molecule has 0 aliphatic rings. The van der Waals surface area contributed by atoms with E-state index in [0.717, 1.165) is 11.1 Å². The van der Waals surface area contributed by atoms with Gasteiger partial charge >= 0.3 is 0 Å².